The lowest BCUT2D eigenvalue weighted by Crippen LogP contribution is -2.30. The van der Waals surface area contributed by atoms with Gasteiger partial charge < -0.3 is 10.4 Å². The molecule has 1 aromatic carbocycles. The fourth-order valence-corrected chi connectivity index (χ4v) is 4.30. The quantitative estimate of drug-likeness (QED) is 0.739. The van der Waals surface area contributed by atoms with Crippen molar-refractivity contribution in [1.82, 2.24) is 10.0 Å². The molecule has 0 bridgehead atoms. The highest BCUT2D eigenvalue weighted by atomic mass is 32.2. The van der Waals surface area contributed by atoms with Crippen LogP contribution in [0.3, 0.4) is 0 Å². The van der Waals surface area contributed by atoms with Crippen molar-refractivity contribution in [2.75, 3.05) is 17.4 Å². The van der Waals surface area contributed by atoms with Crippen LogP contribution >= 0.6 is 0 Å². The maximum atomic E-state index is 15.0. The summed E-state index contributed by atoms with van der Waals surface area (Å²) >= 11 is 0. The summed E-state index contributed by atoms with van der Waals surface area (Å²) in [7, 11) is -4.20. The third-order valence-corrected chi connectivity index (χ3v) is 5.57. The molecule has 136 valence electrons. The maximum absolute atomic E-state index is 15.0. The molecule has 0 aromatic heterocycles. The lowest BCUT2D eigenvalue weighted by atomic mass is 10.0. The summed E-state index contributed by atoms with van der Waals surface area (Å²) in [6.07, 6.45) is 2.82. The number of hydrogen-bond acceptors (Lipinski definition) is 5. The SMILES string of the molecule is CC(C)CC1C=C(c2ccc(O)c(N3CC(=O)NS3(=O)=O)c2F)CN1. The van der Waals surface area contributed by atoms with E-state index in [9.17, 15) is 18.3 Å². The van der Waals surface area contributed by atoms with Gasteiger partial charge in [-0.05, 0) is 30.0 Å². The fraction of sp³-hybridized carbons (Fsp3) is 0.438. The third-order valence-electron chi connectivity index (χ3n) is 4.19. The third kappa shape index (κ3) is 3.34. The van der Waals surface area contributed by atoms with Crippen molar-refractivity contribution in [2.45, 2.75) is 26.3 Å². The molecule has 25 heavy (non-hydrogen) atoms. The van der Waals surface area contributed by atoms with E-state index < -0.39 is 39.9 Å². The molecule has 0 spiro atoms. The number of carbonyl (C=O) groups excluding carboxylic acids is 1. The van der Waals surface area contributed by atoms with E-state index in [1.165, 1.54) is 12.1 Å². The zero-order valence-corrected chi connectivity index (χ0v) is 14.7. The number of anilines is 1. The number of aromatic hydroxyl groups is 1. The van der Waals surface area contributed by atoms with Gasteiger partial charge in [-0.2, -0.15) is 8.42 Å². The van der Waals surface area contributed by atoms with Crippen molar-refractivity contribution in [2.24, 2.45) is 5.92 Å². The smallest absolute Gasteiger partial charge is 0.326 e. The average Bonchev–Trinajstić information content (AvgIpc) is 3.03. The van der Waals surface area contributed by atoms with Crippen LogP contribution in [0, 0.1) is 11.7 Å². The van der Waals surface area contributed by atoms with Crippen molar-refractivity contribution in [3.63, 3.8) is 0 Å². The van der Waals surface area contributed by atoms with Gasteiger partial charge in [0.2, 0.25) is 0 Å². The Balaban J connectivity index is 2.01. The largest absolute Gasteiger partial charge is 0.506 e. The second-order valence-electron chi connectivity index (χ2n) is 6.64. The molecular weight excluding hydrogens is 349 g/mol. The summed E-state index contributed by atoms with van der Waals surface area (Å²) in [4.78, 5) is 11.4. The monoisotopic (exact) mass is 369 g/mol. The number of benzene rings is 1. The first-order valence-electron chi connectivity index (χ1n) is 7.98. The molecule has 7 nitrogen and oxygen atoms in total. The van der Waals surface area contributed by atoms with Gasteiger partial charge in [-0.1, -0.05) is 19.9 Å². The Labute approximate surface area is 145 Å². The number of phenols is 1. The summed E-state index contributed by atoms with van der Waals surface area (Å²) < 4.78 is 41.3. The van der Waals surface area contributed by atoms with Crippen LogP contribution in [0.2, 0.25) is 0 Å². The minimum atomic E-state index is -4.20. The number of nitrogens with zero attached hydrogens (tertiary/aromatic N) is 1. The highest BCUT2D eigenvalue weighted by Crippen LogP contribution is 2.38. The molecule has 3 N–H and O–H groups in total. The number of amides is 1. The van der Waals surface area contributed by atoms with E-state index in [1.807, 2.05) is 6.08 Å². The van der Waals surface area contributed by atoms with E-state index in [1.54, 1.807) is 4.72 Å². The highest BCUT2D eigenvalue weighted by molar-refractivity contribution is 7.92. The predicted molar refractivity (Wildman–Crippen MR) is 91.7 cm³/mol. The summed E-state index contributed by atoms with van der Waals surface area (Å²) in [5.74, 6) is -1.70. The summed E-state index contributed by atoms with van der Waals surface area (Å²) in [5, 5.41) is 13.3. The van der Waals surface area contributed by atoms with Crippen molar-refractivity contribution >= 4 is 27.4 Å². The Hall–Kier alpha value is -2.13. The van der Waals surface area contributed by atoms with E-state index in [-0.39, 0.29) is 11.6 Å². The number of nitrogens with one attached hydrogen (secondary N) is 2. The summed E-state index contributed by atoms with van der Waals surface area (Å²) in [6.45, 7) is 4.07. The average molecular weight is 369 g/mol. The Morgan fingerprint density at radius 2 is 2.12 bits per heavy atom. The zero-order chi connectivity index (χ0) is 18.4. The lowest BCUT2D eigenvalue weighted by Gasteiger charge is -2.18. The van der Waals surface area contributed by atoms with Crippen molar-refractivity contribution in [1.29, 1.82) is 0 Å². The summed E-state index contributed by atoms with van der Waals surface area (Å²) in [5.41, 5.74) is 0.394. The van der Waals surface area contributed by atoms with Crippen LogP contribution in [-0.4, -0.2) is 38.6 Å². The van der Waals surface area contributed by atoms with Crippen LogP contribution in [0.1, 0.15) is 25.8 Å². The van der Waals surface area contributed by atoms with Gasteiger partial charge in [-0.15, -0.1) is 0 Å². The maximum Gasteiger partial charge on any atom is 0.326 e. The van der Waals surface area contributed by atoms with Crippen LogP contribution in [0.5, 0.6) is 5.75 Å². The van der Waals surface area contributed by atoms with Gasteiger partial charge in [-0.3, -0.25) is 4.79 Å². The van der Waals surface area contributed by atoms with Crippen LogP contribution in [0.4, 0.5) is 10.1 Å². The van der Waals surface area contributed by atoms with Crippen LogP contribution in [-0.2, 0) is 15.0 Å². The van der Waals surface area contributed by atoms with Crippen LogP contribution < -0.4 is 14.3 Å². The van der Waals surface area contributed by atoms with Gasteiger partial charge in [0.1, 0.15) is 18.0 Å². The minimum Gasteiger partial charge on any atom is -0.506 e. The van der Waals surface area contributed by atoms with E-state index in [0.717, 1.165) is 6.42 Å². The number of carbonyl (C=O) groups is 1. The first kappa shape index (κ1) is 17.7. The van der Waals surface area contributed by atoms with Gasteiger partial charge in [0, 0.05) is 18.2 Å². The Morgan fingerprint density at radius 1 is 1.40 bits per heavy atom. The Morgan fingerprint density at radius 3 is 2.72 bits per heavy atom. The van der Waals surface area contributed by atoms with E-state index in [4.69, 9.17) is 0 Å². The van der Waals surface area contributed by atoms with E-state index in [2.05, 4.69) is 19.2 Å². The van der Waals surface area contributed by atoms with Gasteiger partial charge >= 0.3 is 10.2 Å². The van der Waals surface area contributed by atoms with Gasteiger partial charge in [0.15, 0.2) is 5.82 Å². The minimum absolute atomic E-state index is 0.116. The van der Waals surface area contributed by atoms with Crippen molar-refractivity contribution in [3.05, 3.63) is 29.6 Å². The molecule has 1 saturated heterocycles. The first-order valence-corrected chi connectivity index (χ1v) is 9.42. The molecular formula is C16H20FN3O4S. The summed E-state index contributed by atoms with van der Waals surface area (Å²) in [6, 6.07) is 2.77. The molecule has 0 saturated carbocycles. The highest BCUT2D eigenvalue weighted by Gasteiger charge is 2.38. The van der Waals surface area contributed by atoms with E-state index in [0.29, 0.717) is 22.3 Å². The molecule has 1 amide bonds. The number of hydrogen-bond donors (Lipinski definition) is 3. The van der Waals surface area contributed by atoms with Gasteiger partial charge in [0.05, 0.1) is 0 Å². The normalized spacial score (nSPS) is 22.4. The van der Waals surface area contributed by atoms with E-state index >= 15 is 4.39 Å². The molecule has 2 aliphatic rings. The second kappa shape index (κ2) is 6.30. The van der Waals surface area contributed by atoms with Crippen molar-refractivity contribution < 1.29 is 22.7 Å². The molecule has 9 heteroatoms. The molecule has 2 aliphatic heterocycles. The predicted octanol–water partition coefficient (Wildman–Crippen LogP) is 1.11. The molecule has 2 heterocycles. The second-order valence-corrected chi connectivity index (χ2v) is 8.24. The molecule has 0 aliphatic carbocycles. The van der Waals surface area contributed by atoms with Gasteiger partial charge in [0.25, 0.3) is 5.91 Å². The topological polar surface area (TPSA) is 98.7 Å². The number of halogens is 1. The molecule has 1 fully saturated rings. The number of rotatable bonds is 4. The molecule has 1 atom stereocenters. The first-order chi connectivity index (χ1) is 11.7. The standard InChI is InChI=1S/C16H20FN3O4S/c1-9(2)5-11-6-10(7-18-11)12-3-4-13(21)16(15(12)17)20-8-14(22)19-25(20,23)24/h3-4,6,9,11,18,21H,5,7-8H2,1-2H3,(H,19,22). The van der Waals surface area contributed by atoms with Crippen LogP contribution in [0.25, 0.3) is 5.57 Å². The van der Waals surface area contributed by atoms with Crippen LogP contribution in [0.15, 0.2) is 18.2 Å². The molecule has 1 unspecified atom stereocenters. The fourth-order valence-electron chi connectivity index (χ4n) is 3.13. The Kier molecular flexibility index (Phi) is 4.46. The van der Waals surface area contributed by atoms with Gasteiger partial charge in [-0.25, -0.2) is 13.4 Å². The molecule has 3 rings (SSSR count). The lowest BCUT2D eigenvalue weighted by molar-refractivity contribution is -0.117. The van der Waals surface area contributed by atoms with Crippen molar-refractivity contribution in [3.8, 4) is 5.75 Å². The molecule has 1 aromatic rings. The Bertz CT molecular complexity index is 851. The molecule has 0 radical (unpaired) electrons. The number of phenolic OH excluding ortho intramolecular Hbond substituents is 1. The zero-order valence-electron chi connectivity index (χ0n) is 13.9.